The minimum absolute atomic E-state index is 0.0478. The third-order valence-electron chi connectivity index (χ3n) is 4.36. The number of hydrogen-bond donors (Lipinski definition) is 0. The van der Waals surface area contributed by atoms with Gasteiger partial charge in [0.1, 0.15) is 10.5 Å². The van der Waals surface area contributed by atoms with Crippen molar-refractivity contribution in [1.29, 1.82) is 0 Å². The normalized spacial score (nSPS) is 11.6. The first-order chi connectivity index (χ1) is 13.7. The number of thioether (sulfide) groups is 1. The van der Waals surface area contributed by atoms with Crippen LogP contribution in [0.1, 0.15) is 10.4 Å². The molecule has 0 amide bonds. The van der Waals surface area contributed by atoms with Crippen LogP contribution in [0.15, 0.2) is 63.2 Å². The van der Waals surface area contributed by atoms with Crippen LogP contribution in [-0.4, -0.2) is 19.2 Å². The molecule has 9 heteroatoms. The van der Waals surface area contributed by atoms with Crippen LogP contribution in [0.4, 0.5) is 4.39 Å². The lowest BCUT2D eigenvalue weighted by Gasteiger charge is -2.08. The molecule has 140 valence electrons. The second-order valence-corrected chi connectivity index (χ2v) is 9.03. The van der Waals surface area contributed by atoms with Crippen LogP contribution < -0.4 is 5.56 Å². The fourth-order valence-corrected chi connectivity index (χ4v) is 5.44. The predicted octanol–water partition coefficient (Wildman–Crippen LogP) is 4.65. The molecule has 0 saturated heterocycles. The molecule has 0 unspecified atom stereocenters. The van der Waals surface area contributed by atoms with E-state index < -0.39 is 0 Å². The van der Waals surface area contributed by atoms with Gasteiger partial charge in [0.05, 0.1) is 12.1 Å². The van der Waals surface area contributed by atoms with Crippen molar-refractivity contribution in [2.24, 2.45) is 0 Å². The number of hydrogen-bond acceptors (Lipinski definition) is 6. The van der Waals surface area contributed by atoms with Crippen LogP contribution in [-0.2, 0) is 12.3 Å². The third-order valence-corrected chi connectivity index (χ3v) is 7.11. The van der Waals surface area contributed by atoms with Crippen molar-refractivity contribution in [3.63, 3.8) is 0 Å². The predicted molar refractivity (Wildman–Crippen MR) is 112 cm³/mol. The highest BCUT2D eigenvalue weighted by molar-refractivity contribution is 7.98. The van der Waals surface area contributed by atoms with E-state index >= 15 is 0 Å². The Morgan fingerprint density at radius 3 is 2.68 bits per heavy atom. The molecule has 0 aliphatic heterocycles. The quantitative estimate of drug-likeness (QED) is 0.383. The molecule has 0 radical (unpaired) electrons. The van der Waals surface area contributed by atoms with E-state index in [1.165, 1.54) is 35.2 Å². The topological polar surface area (TPSA) is 52.2 Å². The van der Waals surface area contributed by atoms with Gasteiger partial charge in [0.15, 0.2) is 5.16 Å². The van der Waals surface area contributed by atoms with Gasteiger partial charge in [-0.15, -0.1) is 32.9 Å². The van der Waals surface area contributed by atoms with Crippen LogP contribution in [0.3, 0.4) is 0 Å². The molecule has 0 spiro atoms. The molecule has 4 heterocycles. The first kappa shape index (κ1) is 17.6. The largest absolute Gasteiger partial charge is 0.273 e. The summed E-state index contributed by atoms with van der Waals surface area (Å²) < 4.78 is 17.4. The van der Waals surface area contributed by atoms with Crippen molar-refractivity contribution in [2.45, 2.75) is 17.5 Å². The highest BCUT2D eigenvalue weighted by Gasteiger charge is 2.18. The molecule has 0 saturated carbocycles. The summed E-state index contributed by atoms with van der Waals surface area (Å²) in [6.07, 6.45) is 0. The zero-order chi connectivity index (χ0) is 19.1. The molecule has 0 bridgehead atoms. The summed E-state index contributed by atoms with van der Waals surface area (Å²) in [6.45, 7) is 0.467. The molecule has 28 heavy (non-hydrogen) atoms. The van der Waals surface area contributed by atoms with E-state index in [1.54, 1.807) is 28.0 Å². The Bertz CT molecular complexity index is 1320. The average Bonchev–Trinajstić information content (AvgIpc) is 3.44. The van der Waals surface area contributed by atoms with Gasteiger partial charge in [-0.3, -0.25) is 13.8 Å². The maximum atomic E-state index is 13.1. The molecule has 1 aromatic carbocycles. The number of aromatic nitrogens is 4. The molecule has 0 N–H and O–H groups in total. The van der Waals surface area contributed by atoms with E-state index in [-0.39, 0.29) is 11.4 Å². The highest BCUT2D eigenvalue weighted by atomic mass is 32.2. The molecule has 0 atom stereocenters. The molecule has 4 aromatic heterocycles. The Morgan fingerprint density at radius 1 is 1.04 bits per heavy atom. The maximum absolute atomic E-state index is 13.1. The minimum Gasteiger partial charge on any atom is -0.270 e. The second-order valence-electron chi connectivity index (χ2n) is 6.14. The SMILES string of the molecule is O=c1c2sccc2n2c(SCc3ccc(F)cc3)nnc2n1Cc1cccs1. The summed E-state index contributed by atoms with van der Waals surface area (Å²) in [7, 11) is 0. The van der Waals surface area contributed by atoms with Crippen LogP contribution in [0, 0.1) is 5.82 Å². The van der Waals surface area contributed by atoms with Crippen molar-refractivity contribution in [3.8, 4) is 0 Å². The van der Waals surface area contributed by atoms with Gasteiger partial charge in [-0.1, -0.05) is 30.0 Å². The van der Waals surface area contributed by atoms with Crippen molar-refractivity contribution in [3.05, 3.63) is 79.8 Å². The molecular formula is C19H13FN4OS3. The van der Waals surface area contributed by atoms with E-state index in [0.717, 1.165) is 16.0 Å². The first-order valence-corrected chi connectivity index (χ1v) is 11.2. The van der Waals surface area contributed by atoms with Gasteiger partial charge in [0, 0.05) is 10.6 Å². The smallest absolute Gasteiger partial charge is 0.270 e. The van der Waals surface area contributed by atoms with Gasteiger partial charge >= 0.3 is 0 Å². The summed E-state index contributed by atoms with van der Waals surface area (Å²) in [5.41, 5.74) is 1.77. The van der Waals surface area contributed by atoms with Gasteiger partial charge in [-0.25, -0.2) is 4.39 Å². The Hall–Kier alpha value is -2.49. The van der Waals surface area contributed by atoms with Crippen molar-refractivity contribution >= 4 is 50.4 Å². The Kier molecular flexibility index (Phi) is 4.50. The van der Waals surface area contributed by atoms with E-state index in [1.807, 2.05) is 33.4 Å². The van der Waals surface area contributed by atoms with Crippen molar-refractivity contribution in [1.82, 2.24) is 19.2 Å². The molecule has 0 fully saturated rings. The average molecular weight is 429 g/mol. The molecule has 5 nitrogen and oxygen atoms in total. The van der Waals surface area contributed by atoms with Gasteiger partial charge in [0.25, 0.3) is 5.56 Å². The van der Waals surface area contributed by atoms with Crippen molar-refractivity contribution in [2.75, 3.05) is 0 Å². The lowest BCUT2D eigenvalue weighted by molar-refractivity contribution is 0.627. The summed E-state index contributed by atoms with van der Waals surface area (Å²) >= 11 is 4.55. The fourth-order valence-electron chi connectivity index (χ4n) is 3.02. The number of rotatable bonds is 5. The number of halogens is 1. The van der Waals surface area contributed by atoms with Crippen molar-refractivity contribution < 1.29 is 4.39 Å². The van der Waals surface area contributed by atoms with Crippen LogP contribution in [0.2, 0.25) is 0 Å². The maximum Gasteiger partial charge on any atom is 0.273 e. The van der Waals surface area contributed by atoms with Gasteiger partial charge in [-0.05, 0) is 40.6 Å². The summed E-state index contributed by atoms with van der Waals surface area (Å²) in [5.74, 6) is 0.918. The zero-order valence-electron chi connectivity index (χ0n) is 14.4. The number of fused-ring (bicyclic) bond motifs is 3. The Morgan fingerprint density at radius 2 is 1.89 bits per heavy atom. The molecular weight excluding hydrogens is 415 g/mol. The minimum atomic E-state index is -0.251. The van der Waals surface area contributed by atoms with Crippen LogP contribution in [0.5, 0.6) is 0 Å². The fraction of sp³-hybridized carbons (Fsp3) is 0.105. The highest BCUT2D eigenvalue weighted by Crippen LogP contribution is 2.27. The van der Waals surface area contributed by atoms with E-state index in [4.69, 9.17) is 0 Å². The second kappa shape index (κ2) is 7.16. The van der Waals surface area contributed by atoms with Crippen LogP contribution in [0.25, 0.3) is 16.0 Å². The summed E-state index contributed by atoms with van der Waals surface area (Å²) in [4.78, 5) is 14.1. The summed E-state index contributed by atoms with van der Waals surface area (Å²) in [6, 6.07) is 12.3. The van der Waals surface area contributed by atoms with E-state index in [2.05, 4.69) is 10.2 Å². The molecule has 5 rings (SSSR count). The monoisotopic (exact) mass is 428 g/mol. The zero-order valence-corrected chi connectivity index (χ0v) is 16.9. The van der Waals surface area contributed by atoms with Crippen LogP contribution >= 0.6 is 34.4 Å². The van der Waals surface area contributed by atoms with Gasteiger partial charge in [0.2, 0.25) is 5.78 Å². The molecule has 5 aromatic rings. The first-order valence-electron chi connectivity index (χ1n) is 8.45. The third kappa shape index (κ3) is 3.05. The number of nitrogens with zero attached hydrogens (tertiary/aromatic N) is 4. The van der Waals surface area contributed by atoms with Gasteiger partial charge < -0.3 is 0 Å². The standard InChI is InChI=1S/C19H13FN4OS3/c20-13-5-3-12(4-6-13)11-28-19-22-21-18-23(10-14-2-1-8-26-14)17(25)16-15(24(18)19)7-9-27-16/h1-9H,10-11H2. The number of thiophene rings is 2. The van der Waals surface area contributed by atoms with E-state index in [9.17, 15) is 9.18 Å². The lowest BCUT2D eigenvalue weighted by Crippen LogP contribution is -2.22. The number of benzene rings is 1. The van der Waals surface area contributed by atoms with Gasteiger partial charge in [-0.2, -0.15) is 0 Å². The molecule has 0 aliphatic carbocycles. The molecule has 0 aliphatic rings. The summed E-state index contributed by atoms with van der Waals surface area (Å²) in [5, 5.41) is 13.3. The lowest BCUT2D eigenvalue weighted by atomic mass is 10.2. The van der Waals surface area contributed by atoms with E-state index in [0.29, 0.717) is 27.9 Å². The Labute approximate surface area is 171 Å². The Balaban J connectivity index is 1.60.